The van der Waals surface area contributed by atoms with E-state index in [4.69, 9.17) is 15.0 Å². The topological polar surface area (TPSA) is 104 Å². The van der Waals surface area contributed by atoms with Crippen molar-refractivity contribution in [2.45, 2.75) is 51.1 Å². The first kappa shape index (κ1) is 26.1. The molecule has 2 aliphatic rings. The quantitative estimate of drug-likeness (QED) is 0.320. The van der Waals surface area contributed by atoms with Crippen LogP contribution in [-0.4, -0.2) is 70.7 Å². The molecule has 2 aliphatic heterocycles. The number of hydrogen-bond donors (Lipinski definition) is 1. The van der Waals surface area contributed by atoms with Crippen molar-refractivity contribution in [2.75, 3.05) is 35.6 Å². The van der Waals surface area contributed by atoms with Crippen molar-refractivity contribution in [2.24, 2.45) is 5.92 Å². The van der Waals surface area contributed by atoms with Crippen LogP contribution in [0.25, 0.3) is 20.8 Å². The molecule has 2 bridgehead atoms. The van der Waals surface area contributed by atoms with Gasteiger partial charge >= 0.3 is 0 Å². The number of benzene rings is 1. The van der Waals surface area contributed by atoms with Crippen molar-refractivity contribution < 1.29 is 8.42 Å². The molecular weight excluding hydrogens is 530 g/mol. The average molecular weight is 564 g/mol. The van der Waals surface area contributed by atoms with Gasteiger partial charge < -0.3 is 10.2 Å². The second-order valence-electron chi connectivity index (χ2n) is 10.9. The molecule has 2 fully saturated rings. The summed E-state index contributed by atoms with van der Waals surface area (Å²) in [5.41, 5.74) is 2.49. The summed E-state index contributed by atoms with van der Waals surface area (Å²) in [4.78, 5) is 24.2. The van der Waals surface area contributed by atoms with E-state index in [1.165, 1.54) is 17.8 Å². The molecule has 0 amide bonds. The Morgan fingerprint density at radius 3 is 2.67 bits per heavy atom. The van der Waals surface area contributed by atoms with Crippen molar-refractivity contribution in [3.63, 3.8) is 0 Å². The fourth-order valence-corrected chi connectivity index (χ4v) is 8.22. The summed E-state index contributed by atoms with van der Waals surface area (Å²) in [6.07, 6.45) is 2.97. The maximum atomic E-state index is 12.8. The molecule has 6 rings (SSSR count). The van der Waals surface area contributed by atoms with Gasteiger partial charge in [-0.3, -0.25) is 4.90 Å². The number of hydrogen-bond acceptors (Lipinski definition) is 10. The standard InChI is InChI=1S/C28H33N7O2S2/c1-5-34-14-21-11-20(34)15-35(21)28-30-18(4)9-26(33-28)32-25-12-23-24(13-29-25)38-27(31-23)19-7-6-8-22(10-19)39(36,37)16-17(2)3/h6-10,12-13,17,20-21H,5,11,14-16H2,1-4H3,(H,29,30,32,33)/t20-,21-/m0/s1. The van der Waals surface area contributed by atoms with Gasteiger partial charge in [0.25, 0.3) is 0 Å². The Bertz CT molecular complexity index is 1640. The molecule has 4 aromatic rings. The lowest BCUT2D eigenvalue weighted by molar-refractivity contribution is 0.250. The number of nitrogens with one attached hydrogen (secondary N) is 1. The molecule has 2 atom stereocenters. The highest BCUT2D eigenvalue weighted by molar-refractivity contribution is 7.91. The van der Waals surface area contributed by atoms with E-state index >= 15 is 0 Å². The Labute approximate surface area is 233 Å². The maximum Gasteiger partial charge on any atom is 0.227 e. The van der Waals surface area contributed by atoms with Crippen LogP contribution in [0, 0.1) is 12.8 Å². The van der Waals surface area contributed by atoms with Crippen molar-refractivity contribution in [1.29, 1.82) is 0 Å². The summed E-state index contributed by atoms with van der Waals surface area (Å²) >= 11 is 1.50. The molecule has 0 spiro atoms. The van der Waals surface area contributed by atoms with Gasteiger partial charge in [0.1, 0.15) is 16.6 Å². The number of aromatic nitrogens is 4. The number of nitrogens with zero attached hydrogens (tertiary/aromatic N) is 6. The van der Waals surface area contributed by atoms with Crippen LogP contribution in [0.2, 0.25) is 0 Å². The van der Waals surface area contributed by atoms with Crippen LogP contribution in [0.4, 0.5) is 17.6 Å². The Morgan fingerprint density at radius 2 is 1.92 bits per heavy atom. The molecule has 39 heavy (non-hydrogen) atoms. The summed E-state index contributed by atoms with van der Waals surface area (Å²) in [6.45, 7) is 11.2. The van der Waals surface area contributed by atoms with Crippen molar-refractivity contribution in [3.8, 4) is 10.6 Å². The minimum Gasteiger partial charge on any atom is -0.335 e. The van der Waals surface area contributed by atoms with E-state index in [0.717, 1.165) is 52.1 Å². The van der Waals surface area contributed by atoms with E-state index in [-0.39, 0.29) is 11.7 Å². The van der Waals surface area contributed by atoms with Crippen molar-refractivity contribution in [3.05, 3.63) is 48.3 Å². The van der Waals surface area contributed by atoms with Gasteiger partial charge in [-0.1, -0.05) is 32.9 Å². The van der Waals surface area contributed by atoms with Gasteiger partial charge in [0.15, 0.2) is 9.84 Å². The number of aryl methyl sites for hydroxylation is 1. The monoisotopic (exact) mass is 563 g/mol. The minimum atomic E-state index is -3.35. The van der Waals surface area contributed by atoms with Crippen LogP contribution < -0.4 is 10.2 Å². The third kappa shape index (κ3) is 5.22. The maximum absolute atomic E-state index is 12.8. The summed E-state index contributed by atoms with van der Waals surface area (Å²) < 4.78 is 26.5. The number of rotatable bonds is 8. The fraction of sp³-hybridized carbons (Fsp3) is 0.429. The predicted octanol–water partition coefficient (Wildman–Crippen LogP) is 4.91. The first-order valence-electron chi connectivity index (χ1n) is 13.4. The number of fused-ring (bicyclic) bond motifs is 3. The van der Waals surface area contributed by atoms with E-state index in [0.29, 0.717) is 28.6 Å². The summed E-state index contributed by atoms with van der Waals surface area (Å²) in [5.74, 6) is 2.31. The lowest BCUT2D eigenvalue weighted by atomic mass is 10.2. The number of likely N-dealkylation sites (N-methyl/N-ethyl adjacent to an activating group) is 1. The number of piperazine rings is 1. The van der Waals surface area contributed by atoms with E-state index in [1.54, 1.807) is 24.4 Å². The van der Waals surface area contributed by atoms with Gasteiger partial charge in [-0.05, 0) is 37.9 Å². The highest BCUT2D eigenvalue weighted by Crippen LogP contribution is 2.35. The smallest absolute Gasteiger partial charge is 0.227 e. The lowest BCUT2D eigenvalue weighted by Gasteiger charge is -2.33. The summed E-state index contributed by atoms with van der Waals surface area (Å²) in [7, 11) is -3.35. The molecule has 0 unspecified atom stereocenters. The molecule has 1 aromatic carbocycles. The van der Waals surface area contributed by atoms with Crippen LogP contribution >= 0.6 is 11.3 Å². The molecule has 0 radical (unpaired) electrons. The van der Waals surface area contributed by atoms with E-state index in [9.17, 15) is 8.42 Å². The second kappa shape index (κ2) is 10.1. The summed E-state index contributed by atoms with van der Waals surface area (Å²) in [5, 5.41) is 4.11. The van der Waals surface area contributed by atoms with Gasteiger partial charge in [-0.2, -0.15) is 4.98 Å². The highest BCUT2D eigenvalue weighted by atomic mass is 32.2. The molecule has 0 aliphatic carbocycles. The van der Waals surface area contributed by atoms with Crippen LogP contribution in [0.1, 0.15) is 32.9 Å². The summed E-state index contributed by atoms with van der Waals surface area (Å²) in [6, 6.07) is 11.9. The molecule has 9 nitrogen and oxygen atoms in total. The van der Waals surface area contributed by atoms with E-state index in [1.807, 2.05) is 39.0 Å². The highest BCUT2D eigenvalue weighted by Gasteiger charge is 2.43. The van der Waals surface area contributed by atoms with Gasteiger partial charge in [0.2, 0.25) is 5.95 Å². The third-order valence-electron chi connectivity index (χ3n) is 7.38. The van der Waals surface area contributed by atoms with Crippen LogP contribution in [0.5, 0.6) is 0 Å². The molecule has 3 aromatic heterocycles. The predicted molar refractivity (Wildman–Crippen MR) is 157 cm³/mol. The second-order valence-corrected chi connectivity index (χ2v) is 13.9. The molecular formula is C28H33N7O2S2. The van der Waals surface area contributed by atoms with Gasteiger partial charge in [-0.25, -0.2) is 23.4 Å². The number of sulfone groups is 1. The number of pyridine rings is 1. The number of likely N-dealkylation sites (tertiary alicyclic amines) is 1. The van der Waals surface area contributed by atoms with Gasteiger partial charge in [-0.15, -0.1) is 11.3 Å². The molecule has 0 saturated carbocycles. The first-order chi connectivity index (χ1) is 18.7. The van der Waals surface area contributed by atoms with Gasteiger partial charge in [0.05, 0.1) is 20.9 Å². The minimum absolute atomic E-state index is 0.0600. The Morgan fingerprint density at radius 1 is 1.08 bits per heavy atom. The SMILES string of the molecule is CCN1C[C@@H]2C[C@H]1CN2c1nc(C)cc(Nc2cc3nc(-c4cccc(S(=O)(=O)CC(C)C)c4)sc3cn2)n1. The number of thiazole rings is 1. The number of anilines is 3. The van der Waals surface area contributed by atoms with Crippen LogP contribution in [-0.2, 0) is 9.84 Å². The zero-order valence-corrected chi connectivity index (χ0v) is 24.3. The van der Waals surface area contributed by atoms with Crippen LogP contribution in [0.3, 0.4) is 0 Å². The fourth-order valence-electron chi connectivity index (χ4n) is 5.64. The van der Waals surface area contributed by atoms with E-state index < -0.39 is 9.84 Å². The average Bonchev–Trinajstić information content (AvgIpc) is 3.61. The zero-order chi connectivity index (χ0) is 27.3. The Hall–Kier alpha value is -3.15. The van der Waals surface area contributed by atoms with Crippen molar-refractivity contribution >= 4 is 49.0 Å². The van der Waals surface area contributed by atoms with E-state index in [2.05, 4.69) is 27.0 Å². The third-order valence-corrected chi connectivity index (χ3v) is 10.5. The molecule has 1 N–H and O–H groups in total. The largest absolute Gasteiger partial charge is 0.335 e. The lowest BCUT2D eigenvalue weighted by Crippen LogP contribution is -2.46. The molecule has 11 heteroatoms. The first-order valence-corrected chi connectivity index (χ1v) is 15.9. The molecule has 2 saturated heterocycles. The van der Waals surface area contributed by atoms with Crippen molar-refractivity contribution in [1.82, 2.24) is 24.8 Å². The zero-order valence-electron chi connectivity index (χ0n) is 22.6. The van der Waals surface area contributed by atoms with Crippen LogP contribution in [0.15, 0.2) is 47.5 Å². The molecule has 5 heterocycles. The Kier molecular flexibility index (Phi) is 6.76. The normalized spacial score (nSPS) is 19.5. The molecule has 204 valence electrons. The van der Waals surface area contributed by atoms with Gasteiger partial charge in [0, 0.05) is 54.8 Å². The Balaban J connectivity index is 1.23.